The Balaban J connectivity index is 2.40. The van der Waals surface area contributed by atoms with Gasteiger partial charge in [0.05, 0.1) is 0 Å². The fourth-order valence-corrected chi connectivity index (χ4v) is 1.36. The Labute approximate surface area is 85.3 Å². The average Bonchev–Trinajstić information content (AvgIpc) is 2.52. The summed E-state index contributed by atoms with van der Waals surface area (Å²) in [4.78, 5) is 13.2. The molecule has 0 saturated carbocycles. The van der Waals surface area contributed by atoms with E-state index in [9.17, 15) is 4.79 Å². The molecule has 0 fully saturated rings. The Kier molecular flexibility index (Phi) is 3.89. The van der Waals surface area contributed by atoms with Gasteiger partial charge in [-0.1, -0.05) is 0 Å². The summed E-state index contributed by atoms with van der Waals surface area (Å²) in [6.07, 6.45) is 4.99. The first-order valence-electron chi connectivity index (χ1n) is 4.91. The van der Waals surface area contributed by atoms with Crippen molar-refractivity contribution in [2.75, 3.05) is 20.6 Å². The van der Waals surface area contributed by atoms with Crippen molar-refractivity contribution in [1.82, 2.24) is 9.47 Å². The number of rotatable bonds is 5. The second kappa shape index (κ2) is 4.96. The molecule has 1 aromatic heterocycles. The summed E-state index contributed by atoms with van der Waals surface area (Å²) in [6.45, 7) is 3.65. The minimum Gasteiger partial charge on any atom is -0.353 e. The van der Waals surface area contributed by atoms with Crippen molar-refractivity contribution in [2.45, 2.75) is 19.9 Å². The van der Waals surface area contributed by atoms with Gasteiger partial charge in [-0.2, -0.15) is 0 Å². The Morgan fingerprint density at radius 3 is 2.71 bits per heavy atom. The van der Waals surface area contributed by atoms with Crippen LogP contribution < -0.4 is 0 Å². The van der Waals surface area contributed by atoms with Crippen LogP contribution in [-0.4, -0.2) is 35.9 Å². The number of aromatic nitrogens is 1. The summed E-state index contributed by atoms with van der Waals surface area (Å²) in [7, 11) is 4.13. The zero-order valence-electron chi connectivity index (χ0n) is 9.16. The van der Waals surface area contributed by atoms with Crippen LogP contribution in [0.3, 0.4) is 0 Å². The molecule has 0 radical (unpaired) electrons. The molecule has 78 valence electrons. The van der Waals surface area contributed by atoms with E-state index in [-0.39, 0.29) is 5.78 Å². The number of carbonyl (C=O) groups is 1. The van der Waals surface area contributed by atoms with Gasteiger partial charge in [-0.25, -0.2) is 0 Å². The van der Waals surface area contributed by atoms with Crippen molar-refractivity contribution >= 4 is 5.78 Å². The molecule has 0 saturated heterocycles. The van der Waals surface area contributed by atoms with E-state index >= 15 is 0 Å². The molecule has 1 rings (SSSR count). The zero-order chi connectivity index (χ0) is 10.6. The van der Waals surface area contributed by atoms with E-state index in [0.717, 1.165) is 25.1 Å². The number of Topliss-reactive ketones (excluding diaryl/α,β-unsaturated/α-hetero) is 1. The molecule has 0 aliphatic carbocycles. The predicted molar refractivity (Wildman–Crippen MR) is 57.6 cm³/mol. The van der Waals surface area contributed by atoms with Crippen LogP contribution in [0.2, 0.25) is 0 Å². The van der Waals surface area contributed by atoms with Gasteiger partial charge in [-0.05, 0) is 40.1 Å². The molecular weight excluding hydrogens is 176 g/mol. The quantitative estimate of drug-likeness (QED) is 0.666. The SMILES string of the molecule is CC(=O)c1ccn(CCCN(C)C)c1. The van der Waals surface area contributed by atoms with Gasteiger partial charge in [0.1, 0.15) is 0 Å². The molecular formula is C11H18N2O. The molecule has 0 atom stereocenters. The van der Waals surface area contributed by atoms with Crippen molar-refractivity contribution in [1.29, 1.82) is 0 Å². The minimum atomic E-state index is 0.136. The monoisotopic (exact) mass is 194 g/mol. The lowest BCUT2D eigenvalue weighted by atomic mass is 10.2. The van der Waals surface area contributed by atoms with Crippen molar-refractivity contribution in [3.8, 4) is 0 Å². The number of hydrogen-bond acceptors (Lipinski definition) is 2. The summed E-state index contributed by atoms with van der Waals surface area (Å²) in [5.41, 5.74) is 0.801. The molecule has 14 heavy (non-hydrogen) atoms. The molecule has 0 amide bonds. The lowest BCUT2D eigenvalue weighted by Crippen LogP contribution is -2.14. The molecule has 0 aliphatic heterocycles. The third-order valence-electron chi connectivity index (χ3n) is 2.18. The lowest BCUT2D eigenvalue weighted by Gasteiger charge is -2.09. The Hall–Kier alpha value is -1.09. The first-order chi connectivity index (χ1) is 6.59. The molecule has 1 aromatic rings. The molecule has 3 heteroatoms. The molecule has 0 spiro atoms. The smallest absolute Gasteiger partial charge is 0.161 e. The van der Waals surface area contributed by atoms with Crippen molar-refractivity contribution in [3.05, 3.63) is 24.0 Å². The third-order valence-corrected chi connectivity index (χ3v) is 2.18. The second-order valence-corrected chi connectivity index (χ2v) is 3.85. The Bertz CT molecular complexity index is 302. The summed E-state index contributed by atoms with van der Waals surface area (Å²) < 4.78 is 2.07. The van der Waals surface area contributed by atoms with Gasteiger partial charge in [0.2, 0.25) is 0 Å². The maximum Gasteiger partial charge on any atom is 0.161 e. The topological polar surface area (TPSA) is 25.2 Å². The van der Waals surface area contributed by atoms with E-state index in [1.807, 2.05) is 18.5 Å². The largest absolute Gasteiger partial charge is 0.353 e. The van der Waals surface area contributed by atoms with Crippen LogP contribution >= 0.6 is 0 Å². The van der Waals surface area contributed by atoms with Gasteiger partial charge < -0.3 is 9.47 Å². The highest BCUT2D eigenvalue weighted by atomic mass is 16.1. The zero-order valence-corrected chi connectivity index (χ0v) is 9.16. The van der Waals surface area contributed by atoms with Crippen molar-refractivity contribution in [2.24, 2.45) is 0 Å². The normalized spacial score (nSPS) is 10.9. The highest BCUT2D eigenvalue weighted by molar-refractivity contribution is 5.93. The molecule has 3 nitrogen and oxygen atoms in total. The summed E-state index contributed by atoms with van der Waals surface area (Å²) in [6, 6.07) is 1.87. The first-order valence-corrected chi connectivity index (χ1v) is 4.91. The molecule has 0 aliphatic rings. The fourth-order valence-electron chi connectivity index (χ4n) is 1.36. The van der Waals surface area contributed by atoms with E-state index in [4.69, 9.17) is 0 Å². The summed E-state index contributed by atoms with van der Waals surface area (Å²) in [5.74, 6) is 0.136. The van der Waals surface area contributed by atoms with E-state index < -0.39 is 0 Å². The van der Waals surface area contributed by atoms with Crippen LogP contribution in [0.5, 0.6) is 0 Å². The fraction of sp³-hybridized carbons (Fsp3) is 0.545. The van der Waals surface area contributed by atoms with Crippen LogP contribution in [0.1, 0.15) is 23.7 Å². The van der Waals surface area contributed by atoms with Gasteiger partial charge in [-0.15, -0.1) is 0 Å². The highest BCUT2D eigenvalue weighted by Gasteiger charge is 2.00. The lowest BCUT2D eigenvalue weighted by molar-refractivity contribution is 0.101. The molecule has 0 bridgehead atoms. The van der Waals surface area contributed by atoms with E-state index in [1.165, 1.54) is 0 Å². The maximum absolute atomic E-state index is 11.0. The van der Waals surface area contributed by atoms with Gasteiger partial charge in [-0.3, -0.25) is 4.79 Å². The van der Waals surface area contributed by atoms with E-state index in [0.29, 0.717) is 0 Å². The number of carbonyl (C=O) groups excluding carboxylic acids is 1. The van der Waals surface area contributed by atoms with Crippen LogP contribution in [0.4, 0.5) is 0 Å². The van der Waals surface area contributed by atoms with Crippen LogP contribution in [0.25, 0.3) is 0 Å². The Morgan fingerprint density at radius 2 is 2.21 bits per heavy atom. The average molecular weight is 194 g/mol. The highest BCUT2D eigenvalue weighted by Crippen LogP contribution is 2.03. The van der Waals surface area contributed by atoms with Gasteiger partial charge in [0.25, 0.3) is 0 Å². The number of hydrogen-bond donors (Lipinski definition) is 0. The van der Waals surface area contributed by atoms with Gasteiger partial charge in [0.15, 0.2) is 5.78 Å². The van der Waals surface area contributed by atoms with Crippen molar-refractivity contribution in [3.63, 3.8) is 0 Å². The number of nitrogens with zero attached hydrogens (tertiary/aromatic N) is 2. The van der Waals surface area contributed by atoms with E-state index in [2.05, 4.69) is 23.6 Å². The van der Waals surface area contributed by atoms with Crippen LogP contribution in [0.15, 0.2) is 18.5 Å². The van der Waals surface area contributed by atoms with Crippen LogP contribution in [-0.2, 0) is 6.54 Å². The van der Waals surface area contributed by atoms with Gasteiger partial charge in [0, 0.05) is 24.5 Å². The van der Waals surface area contributed by atoms with Crippen LogP contribution in [0, 0.1) is 0 Å². The molecule has 0 aromatic carbocycles. The van der Waals surface area contributed by atoms with Gasteiger partial charge >= 0.3 is 0 Å². The Morgan fingerprint density at radius 1 is 1.50 bits per heavy atom. The standard InChI is InChI=1S/C11H18N2O/c1-10(14)11-5-8-13(9-11)7-4-6-12(2)3/h5,8-9H,4,6-7H2,1-3H3. The molecule has 1 heterocycles. The summed E-state index contributed by atoms with van der Waals surface area (Å²) in [5, 5.41) is 0. The van der Waals surface area contributed by atoms with E-state index in [1.54, 1.807) is 6.92 Å². The number of aryl methyl sites for hydroxylation is 1. The second-order valence-electron chi connectivity index (χ2n) is 3.85. The third kappa shape index (κ3) is 3.34. The first kappa shape index (κ1) is 11.0. The van der Waals surface area contributed by atoms with Crippen molar-refractivity contribution < 1.29 is 4.79 Å². The molecule has 0 unspecified atom stereocenters. The molecule has 0 N–H and O–H groups in total. The maximum atomic E-state index is 11.0. The number of ketones is 1. The minimum absolute atomic E-state index is 0.136. The predicted octanol–water partition coefficient (Wildman–Crippen LogP) is 1.64. The summed E-state index contributed by atoms with van der Waals surface area (Å²) >= 11 is 0.